The standard InChI is InChI=1S/C71H66N2/c1-45(2)47-21-29-55(30-22-47)72(53-17-13-11-14-18-53)57-33-37-59-49(41-57)25-35-61-62-36-26-50-42-58(73(54-19-15-12-16-20-54)56-31-23-48(24-32-56)46(3)4)34-38-60(50)68(62)71(67(59)61)65-39-27-51(69(5,6)7)43-63(65)64-44-52(70(8,9)10)28-40-66(64)71/h11-46H,1-10H3. The number of rotatable bonds is 8. The summed E-state index contributed by atoms with van der Waals surface area (Å²) in [5, 5.41) is 5.02. The molecule has 2 nitrogen and oxygen atoms in total. The van der Waals surface area contributed by atoms with Crippen molar-refractivity contribution in [3.8, 4) is 22.3 Å². The SMILES string of the molecule is CC(C)c1ccc(N(c2ccccc2)c2ccc3c4c(ccc3c2)-c2ccc3cc(N(c5ccccc5)c5ccc(C(C)C)cc5)ccc3c2C42c3ccc(C(C)(C)C)cc3-c3cc(C(C)(C)C)ccc32)cc1. The Bertz CT molecular complexity index is 3480. The van der Waals surface area contributed by atoms with Crippen LogP contribution in [0.5, 0.6) is 0 Å². The molecule has 0 unspecified atom stereocenters. The molecule has 0 N–H and O–H groups in total. The molecule has 73 heavy (non-hydrogen) atoms. The molecule has 0 saturated heterocycles. The maximum atomic E-state index is 2.53. The maximum absolute atomic E-state index is 2.53. The molecule has 10 aromatic rings. The Hall–Kier alpha value is -7.68. The largest absolute Gasteiger partial charge is 0.310 e. The van der Waals surface area contributed by atoms with Crippen LogP contribution in [0.3, 0.4) is 0 Å². The van der Waals surface area contributed by atoms with E-state index in [1.807, 2.05) is 0 Å². The van der Waals surface area contributed by atoms with Crippen LogP contribution in [0.2, 0.25) is 0 Å². The van der Waals surface area contributed by atoms with Crippen molar-refractivity contribution in [3.05, 3.63) is 251 Å². The normalized spacial score (nSPS) is 13.4. The average molecular weight is 947 g/mol. The quantitative estimate of drug-likeness (QED) is 0.150. The van der Waals surface area contributed by atoms with Crippen LogP contribution in [0.4, 0.5) is 34.1 Å². The Kier molecular flexibility index (Phi) is 11.0. The zero-order valence-corrected chi connectivity index (χ0v) is 44.2. The summed E-state index contributed by atoms with van der Waals surface area (Å²) in [6, 6.07) is 78.9. The van der Waals surface area contributed by atoms with Gasteiger partial charge in [0, 0.05) is 34.1 Å². The Labute approximate surface area is 433 Å². The molecule has 2 aliphatic carbocycles. The van der Waals surface area contributed by atoms with Crippen molar-refractivity contribution < 1.29 is 0 Å². The van der Waals surface area contributed by atoms with Gasteiger partial charge in [0.1, 0.15) is 0 Å². The van der Waals surface area contributed by atoms with Gasteiger partial charge in [-0.3, -0.25) is 0 Å². The summed E-state index contributed by atoms with van der Waals surface area (Å²) in [6.07, 6.45) is 0. The lowest BCUT2D eigenvalue weighted by Crippen LogP contribution is -2.27. The second-order valence-corrected chi connectivity index (χ2v) is 23.4. The predicted molar refractivity (Wildman–Crippen MR) is 313 cm³/mol. The molecule has 0 aromatic heterocycles. The Morgan fingerprint density at radius 2 is 0.685 bits per heavy atom. The number of anilines is 6. The first-order chi connectivity index (χ1) is 35.1. The zero-order valence-electron chi connectivity index (χ0n) is 44.2. The van der Waals surface area contributed by atoms with Crippen molar-refractivity contribution in [1.82, 2.24) is 0 Å². The van der Waals surface area contributed by atoms with Gasteiger partial charge in [-0.2, -0.15) is 0 Å². The number of para-hydroxylation sites is 2. The average Bonchev–Trinajstić information content (AvgIpc) is 3.86. The summed E-state index contributed by atoms with van der Waals surface area (Å²) in [5.41, 5.74) is 22.3. The van der Waals surface area contributed by atoms with Gasteiger partial charge in [-0.25, -0.2) is 0 Å². The zero-order chi connectivity index (χ0) is 50.6. The van der Waals surface area contributed by atoms with Gasteiger partial charge in [-0.05, 0) is 184 Å². The van der Waals surface area contributed by atoms with E-state index in [2.05, 4.69) is 285 Å². The molecular formula is C71H66N2. The number of fused-ring (bicyclic) bond motifs is 14. The molecule has 10 aromatic carbocycles. The van der Waals surface area contributed by atoms with Crippen molar-refractivity contribution >= 4 is 55.7 Å². The lowest BCUT2D eigenvalue weighted by atomic mass is 9.68. The molecule has 0 radical (unpaired) electrons. The topological polar surface area (TPSA) is 6.48 Å². The van der Waals surface area contributed by atoms with Gasteiger partial charge >= 0.3 is 0 Å². The molecule has 0 bridgehead atoms. The van der Waals surface area contributed by atoms with Crippen molar-refractivity contribution in [1.29, 1.82) is 0 Å². The highest BCUT2D eigenvalue weighted by Crippen LogP contribution is 2.66. The molecule has 0 fully saturated rings. The number of hydrogen-bond acceptors (Lipinski definition) is 2. The summed E-state index contributed by atoms with van der Waals surface area (Å²) < 4.78 is 0. The number of nitrogens with zero attached hydrogens (tertiary/aromatic N) is 2. The van der Waals surface area contributed by atoms with E-state index in [1.54, 1.807) is 0 Å². The summed E-state index contributed by atoms with van der Waals surface area (Å²) in [5.74, 6) is 0.917. The van der Waals surface area contributed by atoms with E-state index in [0.29, 0.717) is 11.8 Å². The minimum absolute atomic E-state index is 0.0241. The van der Waals surface area contributed by atoms with Crippen LogP contribution in [-0.4, -0.2) is 0 Å². The minimum Gasteiger partial charge on any atom is -0.310 e. The molecule has 2 heteroatoms. The first-order valence-electron chi connectivity index (χ1n) is 26.5. The number of benzene rings is 10. The van der Waals surface area contributed by atoms with Gasteiger partial charge in [0.05, 0.1) is 5.41 Å². The van der Waals surface area contributed by atoms with Crippen LogP contribution >= 0.6 is 0 Å². The van der Waals surface area contributed by atoms with Crippen LogP contribution in [-0.2, 0) is 16.2 Å². The Balaban J connectivity index is 1.13. The van der Waals surface area contributed by atoms with Gasteiger partial charge in [0.25, 0.3) is 0 Å². The fourth-order valence-electron chi connectivity index (χ4n) is 12.2. The van der Waals surface area contributed by atoms with Gasteiger partial charge in [0.2, 0.25) is 0 Å². The van der Waals surface area contributed by atoms with E-state index in [9.17, 15) is 0 Å². The van der Waals surface area contributed by atoms with Crippen molar-refractivity contribution in [2.24, 2.45) is 0 Å². The fraction of sp³-hybridized carbons (Fsp3) is 0.211. The maximum Gasteiger partial charge on any atom is 0.0737 e. The minimum atomic E-state index is -0.595. The lowest BCUT2D eigenvalue weighted by Gasteiger charge is -2.33. The van der Waals surface area contributed by atoms with Gasteiger partial charge < -0.3 is 9.80 Å². The van der Waals surface area contributed by atoms with Crippen LogP contribution < -0.4 is 9.80 Å². The fourth-order valence-corrected chi connectivity index (χ4v) is 12.2. The molecule has 12 rings (SSSR count). The third-order valence-electron chi connectivity index (χ3n) is 16.1. The summed E-state index contributed by atoms with van der Waals surface area (Å²) >= 11 is 0. The molecule has 0 aliphatic heterocycles. The highest BCUT2D eigenvalue weighted by molar-refractivity contribution is 6.10. The summed E-state index contributed by atoms with van der Waals surface area (Å²) in [6.45, 7) is 23.1. The molecule has 0 saturated carbocycles. The monoisotopic (exact) mass is 947 g/mol. The predicted octanol–water partition coefficient (Wildman–Crippen LogP) is 20.1. The molecule has 0 amide bonds. The van der Waals surface area contributed by atoms with E-state index in [4.69, 9.17) is 0 Å². The summed E-state index contributed by atoms with van der Waals surface area (Å²) in [7, 11) is 0. The molecule has 0 heterocycles. The van der Waals surface area contributed by atoms with E-state index in [0.717, 1.165) is 34.1 Å². The highest BCUT2D eigenvalue weighted by atomic mass is 15.1. The first-order valence-corrected chi connectivity index (χ1v) is 26.5. The van der Waals surface area contributed by atoms with E-state index in [-0.39, 0.29) is 10.8 Å². The van der Waals surface area contributed by atoms with Crippen molar-refractivity contribution in [3.63, 3.8) is 0 Å². The first kappa shape index (κ1) is 46.4. The van der Waals surface area contributed by atoms with E-state index >= 15 is 0 Å². The second-order valence-electron chi connectivity index (χ2n) is 23.4. The van der Waals surface area contributed by atoms with Crippen molar-refractivity contribution in [2.45, 2.75) is 97.3 Å². The lowest BCUT2D eigenvalue weighted by molar-refractivity contribution is 0.589. The number of hydrogen-bond donors (Lipinski definition) is 0. The molecule has 2 aliphatic rings. The van der Waals surface area contributed by atoms with E-state index < -0.39 is 5.41 Å². The van der Waals surface area contributed by atoms with Crippen LogP contribution in [0, 0.1) is 0 Å². The molecular weight excluding hydrogens is 881 g/mol. The van der Waals surface area contributed by atoms with Gasteiger partial charge in [-0.1, -0.05) is 203 Å². The van der Waals surface area contributed by atoms with Gasteiger partial charge in [-0.15, -0.1) is 0 Å². The third kappa shape index (κ3) is 7.52. The van der Waals surface area contributed by atoms with E-state index in [1.165, 1.54) is 88.3 Å². The van der Waals surface area contributed by atoms with Crippen LogP contribution in [0.15, 0.2) is 206 Å². The highest BCUT2D eigenvalue weighted by Gasteiger charge is 2.54. The molecule has 1 spiro atoms. The summed E-state index contributed by atoms with van der Waals surface area (Å²) in [4.78, 5) is 4.82. The van der Waals surface area contributed by atoms with Crippen LogP contribution in [0.25, 0.3) is 43.8 Å². The van der Waals surface area contributed by atoms with Gasteiger partial charge in [0.15, 0.2) is 0 Å². The second kappa shape index (κ2) is 17.2. The third-order valence-corrected chi connectivity index (χ3v) is 16.1. The smallest absolute Gasteiger partial charge is 0.0737 e. The Morgan fingerprint density at radius 3 is 1.04 bits per heavy atom. The van der Waals surface area contributed by atoms with Crippen LogP contribution in [0.1, 0.15) is 126 Å². The molecule has 0 atom stereocenters. The Morgan fingerprint density at radius 1 is 0.329 bits per heavy atom. The molecule has 360 valence electrons. The van der Waals surface area contributed by atoms with Crippen molar-refractivity contribution in [2.75, 3.05) is 9.80 Å².